The third-order valence-corrected chi connectivity index (χ3v) is 12.3. The van der Waals surface area contributed by atoms with E-state index in [0.717, 1.165) is 33.9 Å². The van der Waals surface area contributed by atoms with Gasteiger partial charge >= 0.3 is 0 Å². The van der Waals surface area contributed by atoms with Crippen molar-refractivity contribution in [2.75, 3.05) is 0 Å². The molecular formula is C43H28N2S2. The molecule has 222 valence electrons. The summed E-state index contributed by atoms with van der Waals surface area (Å²) in [6.45, 7) is 4.67. The van der Waals surface area contributed by atoms with E-state index in [1.165, 1.54) is 62.6 Å². The number of fused-ring (bicyclic) bond motifs is 9. The Balaban J connectivity index is 1.26. The van der Waals surface area contributed by atoms with Crippen LogP contribution in [0.3, 0.4) is 0 Å². The molecule has 0 amide bonds. The topological polar surface area (TPSA) is 25.8 Å². The molecular weight excluding hydrogens is 609 g/mol. The SMILES string of the molecule is CC1(C)c2ccccc2-c2c(-c3cc(-c4cccc5c4sc4ccccc45)nc(-c4ccc5sc6ccccc6c5c4)n3)cccc21. The molecule has 0 radical (unpaired) electrons. The van der Waals surface area contributed by atoms with Gasteiger partial charge in [0.25, 0.3) is 0 Å². The Kier molecular flexibility index (Phi) is 5.70. The number of benzene rings is 6. The highest BCUT2D eigenvalue weighted by molar-refractivity contribution is 7.26. The van der Waals surface area contributed by atoms with Crippen molar-refractivity contribution in [2.24, 2.45) is 0 Å². The molecule has 0 aliphatic heterocycles. The molecule has 3 heterocycles. The second-order valence-electron chi connectivity index (χ2n) is 13.0. The minimum Gasteiger partial charge on any atom is -0.228 e. The molecule has 0 spiro atoms. The van der Waals surface area contributed by atoms with Crippen molar-refractivity contribution >= 4 is 63.0 Å². The van der Waals surface area contributed by atoms with Crippen LogP contribution in [0.15, 0.2) is 133 Å². The third-order valence-electron chi connectivity index (χ3n) is 9.92. The monoisotopic (exact) mass is 636 g/mol. The Morgan fingerprint density at radius 1 is 0.468 bits per heavy atom. The summed E-state index contributed by atoms with van der Waals surface area (Å²) < 4.78 is 5.13. The van der Waals surface area contributed by atoms with E-state index in [4.69, 9.17) is 9.97 Å². The van der Waals surface area contributed by atoms with Crippen LogP contribution in [0, 0.1) is 0 Å². The first-order valence-corrected chi connectivity index (χ1v) is 17.6. The second kappa shape index (κ2) is 9.92. The first kappa shape index (κ1) is 27.0. The molecule has 9 aromatic rings. The van der Waals surface area contributed by atoms with Crippen LogP contribution < -0.4 is 0 Å². The standard InChI is InChI=1S/C43H28N2S2/c1-43(2)33-17-6-3-13-29(33)40-30(15-10-18-34(40)43)35-24-36(31-16-9-14-28-26-11-4-8-20-38(26)47-41(28)31)45-42(44-35)25-21-22-39-32(23-25)27-12-5-7-19-37(27)46-39/h3-24H,1-2H3. The normalized spacial score (nSPS) is 13.5. The zero-order valence-electron chi connectivity index (χ0n) is 25.9. The molecule has 0 bridgehead atoms. The minimum absolute atomic E-state index is 0.0890. The molecule has 0 saturated heterocycles. The molecule has 3 aromatic heterocycles. The van der Waals surface area contributed by atoms with Gasteiger partial charge in [0.2, 0.25) is 0 Å². The Morgan fingerprint density at radius 3 is 1.91 bits per heavy atom. The maximum absolute atomic E-state index is 5.39. The number of rotatable bonds is 3. The summed E-state index contributed by atoms with van der Waals surface area (Å²) in [5, 5.41) is 5.09. The van der Waals surface area contributed by atoms with Crippen molar-refractivity contribution in [1.29, 1.82) is 0 Å². The predicted octanol–water partition coefficient (Wildman–Crippen LogP) is 12.5. The zero-order chi connectivity index (χ0) is 31.3. The molecule has 0 fully saturated rings. The van der Waals surface area contributed by atoms with Gasteiger partial charge in [-0.15, -0.1) is 22.7 Å². The molecule has 1 aliphatic carbocycles. The van der Waals surface area contributed by atoms with Gasteiger partial charge in [-0.1, -0.05) is 111 Å². The van der Waals surface area contributed by atoms with E-state index in [1.807, 2.05) is 22.7 Å². The van der Waals surface area contributed by atoms with E-state index in [9.17, 15) is 0 Å². The second-order valence-corrected chi connectivity index (χ2v) is 15.1. The fraction of sp³-hybridized carbons (Fsp3) is 0.0698. The molecule has 6 aromatic carbocycles. The maximum atomic E-state index is 5.39. The van der Waals surface area contributed by atoms with Crippen LogP contribution in [-0.2, 0) is 5.41 Å². The van der Waals surface area contributed by atoms with Gasteiger partial charge in [-0.25, -0.2) is 9.97 Å². The fourth-order valence-corrected chi connectivity index (χ4v) is 9.95. The number of hydrogen-bond acceptors (Lipinski definition) is 4. The van der Waals surface area contributed by atoms with E-state index in [-0.39, 0.29) is 5.41 Å². The lowest BCUT2D eigenvalue weighted by Gasteiger charge is -2.21. The van der Waals surface area contributed by atoms with Crippen molar-refractivity contribution in [1.82, 2.24) is 9.97 Å². The van der Waals surface area contributed by atoms with Gasteiger partial charge in [0.15, 0.2) is 5.82 Å². The summed E-state index contributed by atoms with van der Waals surface area (Å²) in [4.78, 5) is 10.7. The molecule has 0 atom stereocenters. The number of nitrogens with zero attached hydrogens (tertiary/aromatic N) is 2. The lowest BCUT2D eigenvalue weighted by atomic mass is 9.82. The van der Waals surface area contributed by atoms with Crippen LogP contribution in [0.4, 0.5) is 0 Å². The lowest BCUT2D eigenvalue weighted by Crippen LogP contribution is -2.14. The average molecular weight is 637 g/mol. The molecule has 1 aliphatic rings. The maximum Gasteiger partial charge on any atom is 0.160 e. The molecule has 47 heavy (non-hydrogen) atoms. The summed E-state index contributed by atoms with van der Waals surface area (Å²) in [6.07, 6.45) is 0. The molecule has 0 unspecified atom stereocenters. The highest BCUT2D eigenvalue weighted by atomic mass is 32.1. The predicted molar refractivity (Wildman–Crippen MR) is 202 cm³/mol. The smallest absolute Gasteiger partial charge is 0.160 e. The van der Waals surface area contributed by atoms with Crippen molar-refractivity contribution in [3.63, 3.8) is 0 Å². The van der Waals surface area contributed by atoms with Gasteiger partial charge in [-0.3, -0.25) is 0 Å². The van der Waals surface area contributed by atoms with Gasteiger partial charge < -0.3 is 0 Å². The first-order valence-electron chi connectivity index (χ1n) is 16.0. The van der Waals surface area contributed by atoms with Crippen molar-refractivity contribution in [2.45, 2.75) is 19.3 Å². The van der Waals surface area contributed by atoms with Crippen LogP contribution in [-0.4, -0.2) is 9.97 Å². The van der Waals surface area contributed by atoms with Crippen molar-refractivity contribution in [3.05, 3.63) is 145 Å². The van der Waals surface area contributed by atoms with E-state index in [2.05, 4.69) is 147 Å². The first-order chi connectivity index (χ1) is 23.0. The Bertz CT molecular complexity index is 2730. The zero-order valence-corrected chi connectivity index (χ0v) is 27.5. The van der Waals surface area contributed by atoms with Gasteiger partial charge in [-0.2, -0.15) is 0 Å². The van der Waals surface area contributed by atoms with E-state index >= 15 is 0 Å². The van der Waals surface area contributed by atoms with Gasteiger partial charge in [0.1, 0.15) is 0 Å². The highest BCUT2D eigenvalue weighted by Crippen LogP contribution is 2.52. The summed E-state index contributed by atoms with van der Waals surface area (Å²) in [6, 6.07) is 48.5. The molecule has 0 saturated carbocycles. The Morgan fingerprint density at radius 2 is 1.06 bits per heavy atom. The molecule has 10 rings (SSSR count). The quantitative estimate of drug-likeness (QED) is 0.193. The summed E-state index contributed by atoms with van der Waals surface area (Å²) in [7, 11) is 0. The number of thiophene rings is 2. The summed E-state index contributed by atoms with van der Waals surface area (Å²) in [5.41, 5.74) is 10.4. The van der Waals surface area contributed by atoms with Gasteiger partial charge in [0.05, 0.1) is 11.4 Å². The van der Waals surface area contributed by atoms with E-state index in [0.29, 0.717) is 0 Å². The van der Waals surface area contributed by atoms with Crippen LogP contribution >= 0.6 is 22.7 Å². The van der Waals surface area contributed by atoms with E-state index < -0.39 is 0 Å². The molecule has 0 N–H and O–H groups in total. The van der Waals surface area contributed by atoms with Gasteiger partial charge in [0, 0.05) is 62.4 Å². The Labute approximate surface area is 280 Å². The number of hydrogen-bond donors (Lipinski definition) is 0. The lowest BCUT2D eigenvalue weighted by molar-refractivity contribution is 0.660. The Hall–Kier alpha value is -5.16. The van der Waals surface area contributed by atoms with Crippen molar-refractivity contribution in [3.8, 4) is 45.0 Å². The average Bonchev–Trinajstić information content (AvgIpc) is 3.76. The van der Waals surface area contributed by atoms with Crippen LogP contribution in [0.2, 0.25) is 0 Å². The van der Waals surface area contributed by atoms with Crippen LogP contribution in [0.1, 0.15) is 25.0 Å². The third kappa shape index (κ3) is 3.95. The molecule has 4 heteroatoms. The van der Waals surface area contributed by atoms with Crippen LogP contribution in [0.25, 0.3) is 85.4 Å². The fourth-order valence-electron chi connectivity index (χ4n) is 7.63. The summed E-state index contributed by atoms with van der Waals surface area (Å²) in [5.74, 6) is 0.746. The summed E-state index contributed by atoms with van der Waals surface area (Å²) >= 11 is 3.68. The van der Waals surface area contributed by atoms with E-state index in [1.54, 1.807) is 0 Å². The largest absolute Gasteiger partial charge is 0.228 e. The minimum atomic E-state index is -0.0890. The van der Waals surface area contributed by atoms with Crippen LogP contribution in [0.5, 0.6) is 0 Å². The molecule has 2 nitrogen and oxygen atoms in total. The van der Waals surface area contributed by atoms with Crippen molar-refractivity contribution < 1.29 is 0 Å². The number of aromatic nitrogens is 2. The van der Waals surface area contributed by atoms with Gasteiger partial charge in [-0.05, 0) is 58.7 Å². The highest BCUT2D eigenvalue weighted by Gasteiger charge is 2.36.